The zero-order valence-electron chi connectivity index (χ0n) is 10.8. The first-order valence-electron chi connectivity index (χ1n) is 5.96. The predicted octanol–water partition coefficient (Wildman–Crippen LogP) is 1.82. The maximum absolute atomic E-state index is 13.7. The SMILES string of the molecule is CC(C)C1C(=O)NC(=O)N(c2ccc(F)cc2F)C1=O. The number of nitrogens with zero attached hydrogens (tertiary/aromatic N) is 1. The Morgan fingerprint density at radius 3 is 2.40 bits per heavy atom. The second kappa shape index (κ2) is 4.99. The second-order valence-electron chi connectivity index (χ2n) is 4.79. The summed E-state index contributed by atoms with van der Waals surface area (Å²) < 4.78 is 26.6. The Labute approximate surface area is 113 Å². The number of benzene rings is 1. The number of rotatable bonds is 2. The van der Waals surface area contributed by atoms with E-state index in [2.05, 4.69) is 0 Å². The molecule has 106 valence electrons. The molecule has 1 aromatic rings. The molecule has 0 saturated carbocycles. The zero-order valence-corrected chi connectivity index (χ0v) is 10.8. The third kappa shape index (κ3) is 2.26. The minimum atomic E-state index is -1.09. The summed E-state index contributed by atoms with van der Waals surface area (Å²) in [5.74, 6) is -4.86. The first-order chi connectivity index (χ1) is 9.32. The van der Waals surface area contributed by atoms with Crippen molar-refractivity contribution < 1.29 is 23.2 Å². The molecule has 2 rings (SSSR count). The van der Waals surface area contributed by atoms with Crippen LogP contribution in [0.15, 0.2) is 18.2 Å². The Morgan fingerprint density at radius 1 is 1.20 bits per heavy atom. The molecule has 20 heavy (non-hydrogen) atoms. The van der Waals surface area contributed by atoms with Gasteiger partial charge in [-0.15, -0.1) is 0 Å². The van der Waals surface area contributed by atoms with Gasteiger partial charge in [-0.3, -0.25) is 14.9 Å². The van der Waals surface area contributed by atoms with Gasteiger partial charge in [-0.1, -0.05) is 13.8 Å². The van der Waals surface area contributed by atoms with Gasteiger partial charge in [0.1, 0.15) is 17.6 Å². The molecule has 1 atom stereocenters. The van der Waals surface area contributed by atoms with E-state index in [4.69, 9.17) is 0 Å². The van der Waals surface area contributed by atoms with Crippen LogP contribution in [0.1, 0.15) is 13.8 Å². The van der Waals surface area contributed by atoms with Gasteiger partial charge in [0.2, 0.25) is 11.8 Å². The van der Waals surface area contributed by atoms with E-state index in [-0.39, 0.29) is 11.6 Å². The van der Waals surface area contributed by atoms with Crippen LogP contribution in [0, 0.1) is 23.5 Å². The molecule has 0 spiro atoms. The topological polar surface area (TPSA) is 66.5 Å². The molecule has 0 radical (unpaired) electrons. The smallest absolute Gasteiger partial charge is 0.277 e. The number of anilines is 1. The van der Waals surface area contributed by atoms with Gasteiger partial charge in [-0.2, -0.15) is 0 Å². The summed E-state index contributed by atoms with van der Waals surface area (Å²) in [5.41, 5.74) is -0.382. The van der Waals surface area contributed by atoms with Crippen molar-refractivity contribution in [1.29, 1.82) is 0 Å². The molecular formula is C13H12F2N2O3. The summed E-state index contributed by atoms with van der Waals surface area (Å²) in [6.45, 7) is 3.27. The lowest BCUT2D eigenvalue weighted by Crippen LogP contribution is -2.59. The van der Waals surface area contributed by atoms with E-state index in [9.17, 15) is 23.2 Å². The highest BCUT2D eigenvalue weighted by atomic mass is 19.1. The molecule has 1 unspecified atom stereocenters. The highest BCUT2D eigenvalue weighted by molar-refractivity contribution is 6.27. The van der Waals surface area contributed by atoms with E-state index in [0.29, 0.717) is 11.0 Å². The molecule has 0 aliphatic carbocycles. The molecular weight excluding hydrogens is 270 g/mol. The maximum atomic E-state index is 13.7. The quantitative estimate of drug-likeness (QED) is 0.841. The Hall–Kier alpha value is -2.31. The predicted molar refractivity (Wildman–Crippen MR) is 65.7 cm³/mol. The third-order valence-electron chi connectivity index (χ3n) is 3.02. The number of barbiturate groups is 1. The molecule has 1 saturated heterocycles. The van der Waals surface area contributed by atoms with Crippen molar-refractivity contribution >= 4 is 23.5 Å². The molecule has 1 aromatic carbocycles. The third-order valence-corrected chi connectivity index (χ3v) is 3.02. The van der Waals surface area contributed by atoms with Gasteiger partial charge in [0, 0.05) is 6.07 Å². The first-order valence-corrected chi connectivity index (χ1v) is 5.96. The molecule has 1 N–H and O–H groups in total. The molecule has 1 aliphatic heterocycles. The van der Waals surface area contributed by atoms with E-state index >= 15 is 0 Å². The van der Waals surface area contributed by atoms with Gasteiger partial charge < -0.3 is 0 Å². The summed E-state index contributed by atoms with van der Waals surface area (Å²) in [7, 11) is 0. The Kier molecular flexibility index (Phi) is 3.52. The van der Waals surface area contributed by atoms with E-state index < -0.39 is 35.4 Å². The normalized spacial score (nSPS) is 19.6. The number of imide groups is 2. The van der Waals surface area contributed by atoms with Gasteiger partial charge in [0.25, 0.3) is 0 Å². The molecule has 1 heterocycles. The molecule has 7 heteroatoms. The van der Waals surface area contributed by atoms with Crippen LogP contribution in [0.3, 0.4) is 0 Å². The van der Waals surface area contributed by atoms with E-state index in [1.807, 2.05) is 5.32 Å². The van der Waals surface area contributed by atoms with E-state index in [0.717, 1.165) is 12.1 Å². The summed E-state index contributed by atoms with van der Waals surface area (Å²) in [5, 5.41) is 2.00. The number of nitrogens with one attached hydrogen (secondary N) is 1. The molecule has 0 aromatic heterocycles. The monoisotopic (exact) mass is 282 g/mol. The van der Waals surface area contributed by atoms with Crippen LogP contribution < -0.4 is 10.2 Å². The van der Waals surface area contributed by atoms with Crippen LogP contribution in [-0.2, 0) is 9.59 Å². The van der Waals surface area contributed by atoms with Crippen LogP contribution in [0.2, 0.25) is 0 Å². The van der Waals surface area contributed by atoms with Crippen LogP contribution in [-0.4, -0.2) is 17.8 Å². The fourth-order valence-corrected chi connectivity index (χ4v) is 2.07. The van der Waals surface area contributed by atoms with E-state index in [1.165, 1.54) is 0 Å². The van der Waals surface area contributed by atoms with Crippen molar-refractivity contribution in [3.05, 3.63) is 29.8 Å². The highest BCUT2D eigenvalue weighted by Gasteiger charge is 2.43. The minimum absolute atomic E-state index is 0.360. The Balaban J connectivity index is 2.46. The summed E-state index contributed by atoms with van der Waals surface area (Å²) >= 11 is 0. The average Bonchev–Trinajstić information content (AvgIpc) is 2.30. The standard InChI is InChI=1S/C13H12F2N2O3/c1-6(2)10-11(18)16-13(20)17(12(10)19)9-4-3-7(14)5-8(9)15/h3-6,10H,1-2H3,(H,16,18,20). The Bertz CT molecular complexity index is 601. The zero-order chi connectivity index (χ0) is 15.0. The van der Waals surface area contributed by atoms with Crippen molar-refractivity contribution in [2.75, 3.05) is 4.90 Å². The molecule has 5 nitrogen and oxygen atoms in total. The largest absolute Gasteiger partial charge is 0.335 e. The molecule has 1 fully saturated rings. The maximum Gasteiger partial charge on any atom is 0.335 e. The number of amides is 4. The number of carbonyl (C=O) groups excluding carboxylic acids is 3. The number of urea groups is 1. The van der Waals surface area contributed by atoms with Crippen molar-refractivity contribution in [3.63, 3.8) is 0 Å². The first kappa shape index (κ1) is 14.1. The van der Waals surface area contributed by atoms with Crippen molar-refractivity contribution in [3.8, 4) is 0 Å². The number of hydrogen-bond acceptors (Lipinski definition) is 3. The van der Waals surface area contributed by atoms with Gasteiger partial charge in [-0.05, 0) is 18.1 Å². The van der Waals surface area contributed by atoms with Crippen molar-refractivity contribution in [2.45, 2.75) is 13.8 Å². The molecule has 0 bridgehead atoms. The van der Waals surface area contributed by atoms with Gasteiger partial charge in [0.15, 0.2) is 0 Å². The fraction of sp³-hybridized carbons (Fsp3) is 0.308. The van der Waals surface area contributed by atoms with Crippen LogP contribution in [0.25, 0.3) is 0 Å². The lowest BCUT2D eigenvalue weighted by molar-refractivity contribution is -0.136. The van der Waals surface area contributed by atoms with Crippen molar-refractivity contribution in [2.24, 2.45) is 11.8 Å². The summed E-state index contributed by atoms with van der Waals surface area (Å²) in [6.07, 6.45) is 0. The van der Waals surface area contributed by atoms with Gasteiger partial charge in [0.05, 0.1) is 5.69 Å². The molecule has 4 amide bonds. The number of hydrogen-bond donors (Lipinski definition) is 1. The lowest BCUT2D eigenvalue weighted by Gasteiger charge is -2.31. The highest BCUT2D eigenvalue weighted by Crippen LogP contribution is 2.27. The van der Waals surface area contributed by atoms with Gasteiger partial charge >= 0.3 is 6.03 Å². The Morgan fingerprint density at radius 2 is 1.85 bits per heavy atom. The minimum Gasteiger partial charge on any atom is -0.277 e. The van der Waals surface area contributed by atoms with Crippen LogP contribution in [0.5, 0.6) is 0 Å². The van der Waals surface area contributed by atoms with E-state index in [1.54, 1.807) is 13.8 Å². The number of carbonyl (C=O) groups is 3. The lowest BCUT2D eigenvalue weighted by atomic mass is 9.92. The second-order valence-corrected chi connectivity index (χ2v) is 4.79. The van der Waals surface area contributed by atoms with Crippen molar-refractivity contribution in [1.82, 2.24) is 5.32 Å². The van der Waals surface area contributed by atoms with Gasteiger partial charge in [-0.25, -0.2) is 18.5 Å². The summed E-state index contributed by atoms with van der Waals surface area (Å²) in [6, 6.07) is 1.44. The van der Waals surface area contributed by atoms with Crippen LogP contribution in [0.4, 0.5) is 19.3 Å². The average molecular weight is 282 g/mol. The number of halogens is 2. The summed E-state index contributed by atoms with van der Waals surface area (Å²) in [4.78, 5) is 36.1. The molecule has 1 aliphatic rings. The van der Waals surface area contributed by atoms with Crippen LogP contribution >= 0.6 is 0 Å². The fourth-order valence-electron chi connectivity index (χ4n) is 2.07.